The van der Waals surface area contributed by atoms with Crippen LogP contribution in [0.1, 0.15) is 70.8 Å². The molecule has 2 amide bonds. The number of esters is 1. The number of ether oxygens (including phenoxy) is 1. The quantitative estimate of drug-likeness (QED) is 0.231. The number of thiophene rings is 1. The van der Waals surface area contributed by atoms with Crippen molar-refractivity contribution in [2.45, 2.75) is 64.0 Å². The first-order valence-corrected chi connectivity index (χ1v) is 14.8. The zero-order chi connectivity index (χ0) is 28.3. The van der Waals surface area contributed by atoms with E-state index in [0.717, 1.165) is 40.2 Å². The van der Waals surface area contributed by atoms with E-state index in [0.29, 0.717) is 27.7 Å². The number of methoxy groups -OCH3 is 1. The first-order valence-electron chi connectivity index (χ1n) is 13.1. The van der Waals surface area contributed by atoms with Crippen LogP contribution < -0.4 is 10.6 Å². The van der Waals surface area contributed by atoms with Crippen LogP contribution in [0.3, 0.4) is 0 Å². The van der Waals surface area contributed by atoms with Crippen LogP contribution in [0.2, 0.25) is 0 Å². The van der Waals surface area contributed by atoms with Crippen LogP contribution in [0, 0.1) is 18.3 Å². The van der Waals surface area contributed by atoms with E-state index in [9.17, 15) is 14.4 Å². The molecule has 39 heavy (non-hydrogen) atoms. The van der Waals surface area contributed by atoms with E-state index in [4.69, 9.17) is 4.74 Å². The van der Waals surface area contributed by atoms with E-state index < -0.39 is 11.2 Å². The molecular formula is C31H36N2O4S2. The number of hydrogen-bond acceptors (Lipinski definition) is 6. The van der Waals surface area contributed by atoms with Gasteiger partial charge in [-0.05, 0) is 80.3 Å². The van der Waals surface area contributed by atoms with Crippen molar-refractivity contribution in [2.24, 2.45) is 11.3 Å². The lowest BCUT2D eigenvalue weighted by Crippen LogP contribution is -2.26. The lowest BCUT2D eigenvalue weighted by atomic mass is 9.72. The Balaban J connectivity index is 1.45. The van der Waals surface area contributed by atoms with Crippen molar-refractivity contribution in [3.63, 3.8) is 0 Å². The molecule has 4 rings (SSSR count). The second kappa shape index (κ2) is 12.0. The molecule has 2 atom stereocenters. The van der Waals surface area contributed by atoms with Gasteiger partial charge in [-0.15, -0.1) is 23.1 Å². The standard InChI is InChI=1S/C31H36N2O4S2/c1-18-10-12-20(13-11-18)28(35)32-22-8-7-9-23(17-22)38-19(2)27(34)33-29-26(30(36)37-6)24-15-14-21(31(3,4)5)16-25(24)39-29/h7-13,17,19,21H,14-16H2,1-6H3,(H,32,35)(H,33,34). The highest BCUT2D eigenvalue weighted by atomic mass is 32.2. The van der Waals surface area contributed by atoms with Gasteiger partial charge in [-0.25, -0.2) is 4.79 Å². The third-order valence-corrected chi connectivity index (χ3v) is 9.47. The number of amides is 2. The topological polar surface area (TPSA) is 84.5 Å². The lowest BCUT2D eigenvalue weighted by molar-refractivity contribution is -0.115. The smallest absolute Gasteiger partial charge is 0.341 e. The average molecular weight is 565 g/mol. The van der Waals surface area contributed by atoms with E-state index in [1.807, 2.05) is 50.2 Å². The molecule has 1 heterocycles. The van der Waals surface area contributed by atoms with Gasteiger partial charge in [0.1, 0.15) is 5.00 Å². The Bertz CT molecular complexity index is 1370. The molecule has 1 aliphatic carbocycles. The number of hydrogen-bond donors (Lipinski definition) is 2. The predicted octanol–water partition coefficient (Wildman–Crippen LogP) is 7.37. The summed E-state index contributed by atoms with van der Waals surface area (Å²) in [5.74, 6) is -0.265. The van der Waals surface area contributed by atoms with Crippen molar-refractivity contribution < 1.29 is 19.1 Å². The molecule has 0 bridgehead atoms. The Morgan fingerprint density at radius 3 is 2.46 bits per heavy atom. The van der Waals surface area contributed by atoms with Gasteiger partial charge in [-0.1, -0.05) is 44.5 Å². The summed E-state index contributed by atoms with van der Waals surface area (Å²) in [6, 6.07) is 14.8. The normalized spacial score (nSPS) is 15.7. The number of benzene rings is 2. The molecule has 2 aromatic carbocycles. The van der Waals surface area contributed by atoms with Crippen molar-refractivity contribution >= 4 is 51.6 Å². The molecule has 1 aromatic heterocycles. The summed E-state index contributed by atoms with van der Waals surface area (Å²) in [6.45, 7) is 10.6. The van der Waals surface area contributed by atoms with Gasteiger partial charge < -0.3 is 15.4 Å². The number of anilines is 2. The zero-order valence-corrected chi connectivity index (χ0v) is 25.0. The molecule has 0 radical (unpaired) electrons. The summed E-state index contributed by atoms with van der Waals surface area (Å²) in [7, 11) is 1.38. The minimum atomic E-state index is -0.431. The van der Waals surface area contributed by atoms with Crippen LogP contribution in [-0.4, -0.2) is 30.1 Å². The minimum absolute atomic E-state index is 0.176. The number of carbonyl (C=O) groups excluding carboxylic acids is 3. The van der Waals surface area contributed by atoms with E-state index >= 15 is 0 Å². The number of carbonyl (C=O) groups is 3. The summed E-state index contributed by atoms with van der Waals surface area (Å²) in [5.41, 5.74) is 4.02. The van der Waals surface area contributed by atoms with Crippen LogP contribution in [0.15, 0.2) is 53.4 Å². The molecule has 2 unspecified atom stereocenters. The van der Waals surface area contributed by atoms with Crippen molar-refractivity contribution in [1.82, 2.24) is 0 Å². The third kappa shape index (κ3) is 6.92. The number of aryl methyl sites for hydroxylation is 1. The molecule has 206 valence electrons. The Kier molecular flexibility index (Phi) is 8.86. The molecule has 8 heteroatoms. The van der Waals surface area contributed by atoms with E-state index in [2.05, 4.69) is 31.4 Å². The first kappa shape index (κ1) is 28.9. The van der Waals surface area contributed by atoms with Crippen LogP contribution in [-0.2, 0) is 22.4 Å². The van der Waals surface area contributed by atoms with Gasteiger partial charge in [0, 0.05) is 21.0 Å². The second-order valence-electron chi connectivity index (χ2n) is 11.1. The maximum atomic E-state index is 13.2. The molecule has 0 aliphatic heterocycles. The van der Waals surface area contributed by atoms with Crippen molar-refractivity contribution in [3.8, 4) is 0 Å². The van der Waals surface area contributed by atoms with Gasteiger partial charge in [-0.3, -0.25) is 9.59 Å². The number of thioether (sulfide) groups is 1. The maximum Gasteiger partial charge on any atom is 0.341 e. The van der Waals surface area contributed by atoms with Gasteiger partial charge in [0.2, 0.25) is 5.91 Å². The van der Waals surface area contributed by atoms with E-state index in [1.54, 1.807) is 12.1 Å². The van der Waals surface area contributed by atoms with Crippen molar-refractivity contribution in [2.75, 3.05) is 17.7 Å². The molecule has 0 fully saturated rings. The Labute approximate surface area is 238 Å². The van der Waals surface area contributed by atoms with Gasteiger partial charge in [0.05, 0.1) is 17.9 Å². The molecule has 0 saturated carbocycles. The molecule has 0 saturated heterocycles. The summed E-state index contributed by atoms with van der Waals surface area (Å²) in [4.78, 5) is 40.6. The zero-order valence-electron chi connectivity index (χ0n) is 23.3. The molecule has 0 spiro atoms. The summed E-state index contributed by atoms with van der Waals surface area (Å²) in [5, 5.41) is 6.08. The Morgan fingerprint density at radius 2 is 1.79 bits per heavy atom. The van der Waals surface area contributed by atoms with Crippen LogP contribution >= 0.6 is 23.1 Å². The largest absolute Gasteiger partial charge is 0.465 e. The third-order valence-electron chi connectivity index (χ3n) is 7.20. The number of fused-ring (bicyclic) bond motifs is 1. The van der Waals surface area contributed by atoms with Gasteiger partial charge in [0.15, 0.2) is 0 Å². The molecule has 3 aromatic rings. The van der Waals surface area contributed by atoms with Crippen LogP contribution in [0.25, 0.3) is 0 Å². The van der Waals surface area contributed by atoms with Crippen LogP contribution in [0.5, 0.6) is 0 Å². The van der Waals surface area contributed by atoms with Crippen molar-refractivity contribution in [3.05, 3.63) is 75.7 Å². The number of nitrogens with one attached hydrogen (secondary N) is 2. The van der Waals surface area contributed by atoms with E-state index in [1.165, 1.54) is 30.2 Å². The summed E-state index contributed by atoms with van der Waals surface area (Å²) < 4.78 is 5.09. The highest BCUT2D eigenvalue weighted by Gasteiger charge is 2.34. The molecule has 1 aliphatic rings. The van der Waals surface area contributed by atoms with Gasteiger partial charge >= 0.3 is 5.97 Å². The minimum Gasteiger partial charge on any atom is -0.465 e. The lowest BCUT2D eigenvalue weighted by Gasteiger charge is -2.33. The predicted molar refractivity (Wildman–Crippen MR) is 160 cm³/mol. The van der Waals surface area contributed by atoms with E-state index in [-0.39, 0.29) is 17.2 Å². The Morgan fingerprint density at radius 1 is 1.08 bits per heavy atom. The average Bonchev–Trinajstić information content (AvgIpc) is 3.25. The highest BCUT2D eigenvalue weighted by Crippen LogP contribution is 2.44. The maximum absolute atomic E-state index is 13.2. The number of rotatable bonds is 7. The fraction of sp³-hybridized carbons (Fsp3) is 0.387. The fourth-order valence-corrected chi connectivity index (χ4v) is 7.00. The summed E-state index contributed by atoms with van der Waals surface area (Å²) in [6.07, 6.45) is 2.71. The Hall–Kier alpha value is -3.10. The second-order valence-corrected chi connectivity index (χ2v) is 13.6. The fourth-order valence-electron chi connectivity index (χ4n) is 4.76. The summed E-state index contributed by atoms with van der Waals surface area (Å²) >= 11 is 2.89. The van der Waals surface area contributed by atoms with Crippen LogP contribution in [0.4, 0.5) is 10.7 Å². The first-order chi connectivity index (χ1) is 18.5. The molecular weight excluding hydrogens is 528 g/mol. The molecule has 6 nitrogen and oxygen atoms in total. The van der Waals surface area contributed by atoms with Gasteiger partial charge in [-0.2, -0.15) is 0 Å². The van der Waals surface area contributed by atoms with Gasteiger partial charge in [0.25, 0.3) is 5.91 Å². The highest BCUT2D eigenvalue weighted by molar-refractivity contribution is 8.00. The van der Waals surface area contributed by atoms with Crippen molar-refractivity contribution in [1.29, 1.82) is 0 Å². The SMILES string of the molecule is COC(=O)c1c(NC(=O)C(C)Sc2cccc(NC(=O)c3ccc(C)cc3)c2)sc2c1CCC(C(C)(C)C)C2. The molecule has 2 N–H and O–H groups in total. The monoisotopic (exact) mass is 564 g/mol.